The maximum absolute atomic E-state index is 8.50. The van der Waals surface area contributed by atoms with Gasteiger partial charge in [-0.1, -0.05) is 13.2 Å². The third-order valence-corrected chi connectivity index (χ3v) is 1.23. The van der Waals surface area contributed by atoms with Gasteiger partial charge in [-0.25, -0.2) is 24.3 Å². The summed E-state index contributed by atoms with van der Waals surface area (Å²) in [7, 11) is 0. The smallest absolute Gasteiger partial charge is 0.0696 e. The number of hydrogen-bond acceptors (Lipinski definition) is 2. The fourth-order valence-corrected chi connectivity index (χ4v) is 0.668. The van der Waals surface area contributed by atoms with Gasteiger partial charge in [0.1, 0.15) is 0 Å². The van der Waals surface area contributed by atoms with Crippen LogP contribution in [0.5, 0.6) is 0 Å². The molecule has 0 heterocycles. The molecule has 0 spiro atoms. The minimum absolute atomic E-state index is 0.727. The summed E-state index contributed by atoms with van der Waals surface area (Å²) >= 11 is 0. The molecular formula is C8H8O2-2. The van der Waals surface area contributed by atoms with Crippen molar-refractivity contribution in [1.82, 2.24) is 0 Å². The van der Waals surface area contributed by atoms with Crippen LogP contribution in [0.1, 0.15) is 11.1 Å². The fourth-order valence-electron chi connectivity index (χ4n) is 0.668. The van der Waals surface area contributed by atoms with E-state index in [4.69, 9.17) is 10.2 Å². The summed E-state index contributed by atoms with van der Waals surface area (Å²) in [6.07, 6.45) is 0. The van der Waals surface area contributed by atoms with Crippen molar-refractivity contribution >= 4 is 0 Å². The highest BCUT2D eigenvalue weighted by Crippen LogP contribution is 2.05. The molecule has 2 N–H and O–H groups in total. The fraction of sp³-hybridized carbons (Fsp3) is 0. The minimum atomic E-state index is 0.727. The predicted octanol–water partition coefficient (Wildman–Crippen LogP) is 1.45. The van der Waals surface area contributed by atoms with Gasteiger partial charge in [-0.05, 0) is 0 Å². The van der Waals surface area contributed by atoms with Crippen molar-refractivity contribution < 1.29 is 10.2 Å². The van der Waals surface area contributed by atoms with Crippen LogP contribution in [-0.4, -0.2) is 10.2 Å². The molecule has 2 nitrogen and oxygen atoms in total. The quantitative estimate of drug-likeness (QED) is 0.604. The average Bonchev–Trinajstić information content (AvgIpc) is 2.05. The van der Waals surface area contributed by atoms with Crippen LogP contribution in [0, 0.1) is 13.2 Å². The predicted molar refractivity (Wildman–Crippen MR) is 37.1 cm³/mol. The second kappa shape index (κ2) is 3.15. The van der Waals surface area contributed by atoms with Gasteiger partial charge in [0, 0.05) is 0 Å². The Hall–Kier alpha value is -1.12. The molecular weight excluding hydrogens is 128 g/mol. The van der Waals surface area contributed by atoms with Crippen molar-refractivity contribution in [3.63, 3.8) is 0 Å². The van der Waals surface area contributed by atoms with Gasteiger partial charge in [0.05, 0.1) is 0 Å². The van der Waals surface area contributed by atoms with Crippen molar-refractivity contribution in [2.45, 2.75) is 0 Å². The SMILES string of the molecule is O[CH-]c1ccc([CH-]O)cc1. The van der Waals surface area contributed by atoms with Gasteiger partial charge in [0.25, 0.3) is 0 Å². The molecule has 0 aliphatic heterocycles. The Labute approximate surface area is 59.7 Å². The van der Waals surface area contributed by atoms with Crippen LogP contribution in [-0.2, 0) is 0 Å². The van der Waals surface area contributed by atoms with Crippen LogP contribution in [0.4, 0.5) is 0 Å². The van der Waals surface area contributed by atoms with E-state index < -0.39 is 0 Å². The third-order valence-electron chi connectivity index (χ3n) is 1.23. The van der Waals surface area contributed by atoms with Crippen LogP contribution in [0.2, 0.25) is 0 Å². The second-order valence-electron chi connectivity index (χ2n) is 1.92. The number of aliphatic hydroxyl groups is 2. The molecule has 1 aromatic carbocycles. The molecule has 0 radical (unpaired) electrons. The lowest BCUT2D eigenvalue weighted by Gasteiger charge is -2.11. The topological polar surface area (TPSA) is 40.5 Å². The van der Waals surface area contributed by atoms with Crippen LogP contribution in [0.15, 0.2) is 24.3 Å². The van der Waals surface area contributed by atoms with E-state index in [2.05, 4.69) is 0 Å². The zero-order chi connectivity index (χ0) is 7.40. The van der Waals surface area contributed by atoms with E-state index in [0.717, 1.165) is 24.3 Å². The lowest BCUT2D eigenvalue weighted by atomic mass is 10.1. The lowest BCUT2D eigenvalue weighted by molar-refractivity contribution is 0.411. The molecule has 54 valence electrons. The van der Waals surface area contributed by atoms with E-state index in [-0.39, 0.29) is 0 Å². The maximum atomic E-state index is 8.50. The molecule has 1 aromatic rings. The largest absolute Gasteiger partial charge is 0.429 e. The van der Waals surface area contributed by atoms with Gasteiger partial charge in [-0.15, -0.1) is 0 Å². The highest BCUT2D eigenvalue weighted by atomic mass is 16.3. The highest BCUT2D eigenvalue weighted by molar-refractivity contribution is 5.28. The van der Waals surface area contributed by atoms with Gasteiger partial charge in [0.2, 0.25) is 0 Å². The van der Waals surface area contributed by atoms with E-state index in [1.54, 1.807) is 24.3 Å². The first-order chi connectivity index (χ1) is 4.86. The normalized spacial score (nSPS) is 9.00. The first kappa shape index (κ1) is 6.99. The van der Waals surface area contributed by atoms with Gasteiger partial charge in [0.15, 0.2) is 0 Å². The molecule has 0 aromatic heterocycles. The summed E-state index contributed by atoms with van der Waals surface area (Å²) < 4.78 is 0. The lowest BCUT2D eigenvalue weighted by Crippen LogP contribution is -1.82. The van der Waals surface area contributed by atoms with E-state index in [1.807, 2.05) is 0 Å². The van der Waals surface area contributed by atoms with Gasteiger partial charge in [-0.2, -0.15) is 11.1 Å². The molecule has 0 amide bonds. The number of benzene rings is 1. The van der Waals surface area contributed by atoms with Crippen molar-refractivity contribution in [2.24, 2.45) is 0 Å². The average molecular weight is 136 g/mol. The number of hydrogen-bond donors (Lipinski definition) is 2. The maximum Gasteiger partial charge on any atom is -0.0696 e. The van der Waals surface area contributed by atoms with Crippen molar-refractivity contribution in [3.8, 4) is 0 Å². The third kappa shape index (κ3) is 1.43. The molecule has 0 bridgehead atoms. The molecule has 0 fully saturated rings. The van der Waals surface area contributed by atoms with E-state index in [0.29, 0.717) is 0 Å². The van der Waals surface area contributed by atoms with Gasteiger partial charge < -0.3 is 10.2 Å². The van der Waals surface area contributed by atoms with Crippen LogP contribution in [0.25, 0.3) is 0 Å². The first-order valence-electron chi connectivity index (χ1n) is 2.92. The van der Waals surface area contributed by atoms with Crippen molar-refractivity contribution in [2.75, 3.05) is 0 Å². The summed E-state index contributed by atoms with van der Waals surface area (Å²) in [5.74, 6) is 0. The zero-order valence-electron chi connectivity index (χ0n) is 5.36. The Morgan fingerprint density at radius 3 is 1.30 bits per heavy atom. The van der Waals surface area contributed by atoms with E-state index in [9.17, 15) is 0 Å². The summed E-state index contributed by atoms with van der Waals surface area (Å²) in [6.45, 7) is 2.03. The minimum Gasteiger partial charge on any atom is -0.429 e. The second-order valence-corrected chi connectivity index (χ2v) is 1.92. The highest BCUT2D eigenvalue weighted by Gasteiger charge is 1.74. The molecule has 0 aliphatic carbocycles. The first-order valence-corrected chi connectivity index (χ1v) is 2.92. The van der Waals surface area contributed by atoms with Gasteiger partial charge in [-0.3, -0.25) is 0 Å². The Morgan fingerprint density at radius 2 is 1.10 bits per heavy atom. The summed E-state index contributed by atoms with van der Waals surface area (Å²) in [6, 6.07) is 6.84. The number of aliphatic hydroxyl groups excluding tert-OH is 2. The van der Waals surface area contributed by atoms with Crippen LogP contribution < -0.4 is 0 Å². The Balaban J connectivity index is 2.80. The molecule has 0 atom stereocenters. The molecule has 0 aliphatic rings. The standard InChI is InChI=1S/C8H8O2/c9-5-7-1-2-8(6-10)4-3-7/h1-6,9-10H/q-2. The molecule has 0 unspecified atom stereocenters. The number of rotatable bonds is 2. The molecule has 1 rings (SSSR count). The van der Waals surface area contributed by atoms with Crippen LogP contribution in [0.3, 0.4) is 0 Å². The zero-order valence-corrected chi connectivity index (χ0v) is 5.36. The summed E-state index contributed by atoms with van der Waals surface area (Å²) in [5.41, 5.74) is 1.45. The Morgan fingerprint density at radius 1 is 0.800 bits per heavy atom. The molecule has 0 saturated carbocycles. The molecule has 0 saturated heterocycles. The van der Waals surface area contributed by atoms with E-state index >= 15 is 0 Å². The van der Waals surface area contributed by atoms with Crippen molar-refractivity contribution in [1.29, 1.82) is 0 Å². The molecule has 10 heavy (non-hydrogen) atoms. The Bertz CT molecular complexity index is 168. The van der Waals surface area contributed by atoms with E-state index in [1.165, 1.54) is 0 Å². The summed E-state index contributed by atoms with van der Waals surface area (Å²) in [5, 5.41) is 17.0. The van der Waals surface area contributed by atoms with Gasteiger partial charge >= 0.3 is 0 Å². The van der Waals surface area contributed by atoms with Crippen molar-refractivity contribution in [3.05, 3.63) is 48.6 Å². The molecule has 2 heteroatoms. The summed E-state index contributed by atoms with van der Waals surface area (Å²) in [4.78, 5) is 0. The Kier molecular flexibility index (Phi) is 2.20. The monoisotopic (exact) mass is 136 g/mol. The van der Waals surface area contributed by atoms with Crippen LogP contribution >= 0.6 is 0 Å².